The Morgan fingerprint density at radius 3 is 1.59 bits per heavy atom. The van der Waals surface area contributed by atoms with Gasteiger partial charge in [0.15, 0.2) is 0 Å². The van der Waals surface area contributed by atoms with Crippen molar-refractivity contribution in [2.24, 2.45) is 9.98 Å². The Bertz CT molecular complexity index is 785. The highest BCUT2D eigenvalue weighted by molar-refractivity contribution is 5.84. The Morgan fingerprint density at radius 2 is 1.22 bits per heavy atom. The number of hydrogen-bond donors (Lipinski definition) is 0. The molecular formula is C28H40N2O2. The van der Waals surface area contributed by atoms with Crippen LogP contribution in [-0.2, 0) is 9.47 Å². The van der Waals surface area contributed by atoms with Crippen LogP contribution in [0.1, 0.15) is 40.0 Å². The van der Waals surface area contributed by atoms with E-state index in [0.29, 0.717) is 11.5 Å². The second-order valence-corrected chi connectivity index (χ2v) is 7.79. The van der Waals surface area contributed by atoms with E-state index in [1.54, 1.807) is 31.4 Å². The number of aliphatic imine (C=N–C) groups is 2. The van der Waals surface area contributed by atoms with Gasteiger partial charge in [-0.05, 0) is 64.3 Å². The van der Waals surface area contributed by atoms with Gasteiger partial charge >= 0.3 is 0 Å². The molecular weight excluding hydrogens is 396 g/mol. The Balaban J connectivity index is 4.75. The molecule has 0 atom stereocenters. The van der Waals surface area contributed by atoms with Crippen molar-refractivity contribution in [3.63, 3.8) is 0 Å². The number of rotatable bonds is 16. The molecule has 0 saturated heterocycles. The van der Waals surface area contributed by atoms with Crippen molar-refractivity contribution in [2.45, 2.75) is 45.6 Å². The lowest BCUT2D eigenvalue weighted by Gasteiger charge is -2.22. The molecule has 0 spiro atoms. The number of nitrogens with zero attached hydrogens (tertiary/aromatic N) is 2. The van der Waals surface area contributed by atoms with E-state index in [9.17, 15) is 0 Å². The summed E-state index contributed by atoms with van der Waals surface area (Å²) in [5, 5.41) is 0. The lowest BCUT2D eigenvalue weighted by molar-refractivity contribution is 0.0594. The van der Waals surface area contributed by atoms with Crippen molar-refractivity contribution in [1.82, 2.24) is 0 Å². The summed E-state index contributed by atoms with van der Waals surface area (Å²) in [6.07, 6.45) is 21.0. The molecule has 0 N–H and O–H groups in total. The average molecular weight is 437 g/mol. The van der Waals surface area contributed by atoms with Crippen molar-refractivity contribution in [1.29, 1.82) is 0 Å². The van der Waals surface area contributed by atoms with Crippen LogP contribution >= 0.6 is 0 Å². The van der Waals surface area contributed by atoms with Gasteiger partial charge in [0, 0.05) is 36.7 Å². The molecule has 0 saturated carbocycles. The largest absolute Gasteiger partial charge is 0.496 e. The first kappa shape index (κ1) is 28.9. The van der Waals surface area contributed by atoms with Gasteiger partial charge in [-0.3, -0.25) is 9.98 Å². The van der Waals surface area contributed by atoms with E-state index in [4.69, 9.17) is 9.47 Å². The molecule has 0 rings (SSSR count). The standard InChI is InChI=1S/C28H40N2O2/c1-9-13-18-24(26(11-3)31-8)22-29-20-16-15-17-21-30-23-25(19-14-10-2)27(12-4)32-28(5,6)7/h9-14,18-19,22-23H,1-4,15-17,20-21H2,5-8H3/b18-13-,19-14-,26-24-,27-25-,29-22+,30-23+. The van der Waals surface area contributed by atoms with Crippen molar-refractivity contribution in [3.8, 4) is 0 Å². The molecule has 0 fully saturated rings. The van der Waals surface area contributed by atoms with Crippen LogP contribution in [0.2, 0.25) is 0 Å². The van der Waals surface area contributed by atoms with Gasteiger partial charge in [0.2, 0.25) is 0 Å². The van der Waals surface area contributed by atoms with Crippen LogP contribution in [-0.4, -0.2) is 38.2 Å². The molecule has 0 aromatic heterocycles. The number of unbranched alkanes of at least 4 members (excludes halogenated alkanes) is 2. The molecule has 0 heterocycles. The first-order chi connectivity index (χ1) is 15.3. The predicted molar refractivity (Wildman–Crippen MR) is 142 cm³/mol. The third-order valence-electron chi connectivity index (χ3n) is 3.93. The molecule has 174 valence electrons. The minimum absolute atomic E-state index is 0.308. The van der Waals surface area contributed by atoms with Gasteiger partial charge in [0.25, 0.3) is 0 Å². The second-order valence-electron chi connectivity index (χ2n) is 7.79. The van der Waals surface area contributed by atoms with Crippen molar-refractivity contribution in [2.75, 3.05) is 20.2 Å². The maximum atomic E-state index is 5.99. The highest BCUT2D eigenvalue weighted by Crippen LogP contribution is 2.18. The maximum Gasteiger partial charge on any atom is 0.128 e. The fourth-order valence-electron chi connectivity index (χ4n) is 2.50. The van der Waals surface area contributed by atoms with Gasteiger partial charge in [-0.1, -0.05) is 50.6 Å². The topological polar surface area (TPSA) is 43.2 Å². The molecule has 0 aromatic rings. The zero-order valence-electron chi connectivity index (χ0n) is 20.3. The monoisotopic (exact) mass is 436 g/mol. The molecule has 0 aromatic carbocycles. The zero-order valence-corrected chi connectivity index (χ0v) is 20.3. The molecule has 32 heavy (non-hydrogen) atoms. The van der Waals surface area contributed by atoms with Gasteiger partial charge in [-0.25, -0.2) is 0 Å². The molecule has 4 nitrogen and oxygen atoms in total. The Labute approximate surface area is 195 Å². The molecule has 0 amide bonds. The second kappa shape index (κ2) is 17.5. The lowest BCUT2D eigenvalue weighted by Crippen LogP contribution is -2.19. The first-order valence-electron chi connectivity index (χ1n) is 10.9. The summed E-state index contributed by atoms with van der Waals surface area (Å²) in [5.74, 6) is 1.39. The molecule has 0 aliphatic carbocycles. The van der Waals surface area contributed by atoms with Crippen LogP contribution in [0.5, 0.6) is 0 Å². The minimum atomic E-state index is -0.308. The minimum Gasteiger partial charge on any atom is -0.496 e. The number of methoxy groups -OCH3 is 1. The van der Waals surface area contributed by atoms with Gasteiger partial charge < -0.3 is 9.47 Å². The average Bonchev–Trinajstić information content (AvgIpc) is 2.76. The van der Waals surface area contributed by atoms with Gasteiger partial charge in [0.1, 0.15) is 17.1 Å². The van der Waals surface area contributed by atoms with Crippen LogP contribution in [0.15, 0.2) is 108 Å². The Hall–Kier alpha value is -3.14. The van der Waals surface area contributed by atoms with E-state index >= 15 is 0 Å². The smallest absolute Gasteiger partial charge is 0.128 e. The third-order valence-corrected chi connectivity index (χ3v) is 3.93. The van der Waals surface area contributed by atoms with Crippen LogP contribution in [0.3, 0.4) is 0 Å². The molecule has 4 heteroatoms. The molecule has 0 unspecified atom stereocenters. The number of ether oxygens (including phenoxy) is 2. The van der Waals surface area contributed by atoms with Gasteiger partial charge in [0.05, 0.1) is 7.11 Å². The summed E-state index contributed by atoms with van der Waals surface area (Å²) in [4.78, 5) is 9.06. The summed E-state index contributed by atoms with van der Waals surface area (Å²) in [6.45, 7) is 22.6. The van der Waals surface area contributed by atoms with Crippen molar-refractivity contribution >= 4 is 12.4 Å². The molecule has 0 bridgehead atoms. The predicted octanol–water partition coefficient (Wildman–Crippen LogP) is 7.12. The molecule has 0 radical (unpaired) electrons. The Kier molecular flexibility index (Phi) is 15.8. The summed E-state index contributed by atoms with van der Waals surface area (Å²) in [7, 11) is 1.62. The van der Waals surface area contributed by atoms with Crippen LogP contribution in [0, 0.1) is 0 Å². The Morgan fingerprint density at radius 1 is 0.750 bits per heavy atom. The van der Waals surface area contributed by atoms with Crippen molar-refractivity contribution < 1.29 is 9.47 Å². The van der Waals surface area contributed by atoms with Crippen LogP contribution < -0.4 is 0 Å². The fraction of sp³-hybridized carbons (Fsp3) is 0.357. The van der Waals surface area contributed by atoms with E-state index in [-0.39, 0.29) is 5.60 Å². The van der Waals surface area contributed by atoms with Crippen molar-refractivity contribution in [3.05, 3.63) is 97.6 Å². The first-order valence-corrected chi connectivity index (χ1v) is 10.9. The summed E-state index contributed by atoms with van der Waals surface area (Å²) in [6, 6.07) is 0. The summed E-state index contributed by atoms with van der Waals surface area (Å²) < 4.78 is 11.3. The summed E-state index contributed by atoms with van der Waals surface area (Å²) >= 11 is 0. The van der Waals surface area contributed by atoms with Gasteiger partial charge in [-0.15, -0.1) is 0 Å². The quantitative estimate of drug-likeness (QED) is 0.112. The van der Waals surface area contributed by atoms with Crippen LogP contribution in [0.25, 0.3) is 0 Å². The fourth-order valence-corrected chi connectivity index (χ4v) is 2.50. The highest BCUT2D eigenvalue weighted by Gasteiger charge is 2.13. The van der Waals surface area contributed by atoms with E-state index in [1.165, 1.54) is 0 Å². The highest BCUT2D eigenvalue weighted by atomic mass is 16.5. The number of hydrogen-bond acceptors (Lipinski definition) is 4. The molecule has 0 aliphatic heterocycles. The van der Waals surface area contributed by atoms with E-state index < -0.39 is 0 Å². The van der Waals surface area contributed by atoms with E-state index in [1.807, 2.05) is 57.5 Å². The third kappa shape index (κ3) is 14.0. The summed E-state index contributed by atoms with van der Waals surface area (Å²) in [5.41, 5.74) is 1.44. The lowest BCUT2D eigenvalue weighted by atomic mass is 10.1. The van der Waals surface area contributed by atoms with E-state index in [2.05, 4.69) is 36.3 Å². The molecule has 0 aliphatic rings. The zero-order chi connectivity index (χ0) is 24.2. The van der Waals surface area contributed by atoms with Crippen LogP contribution in [0.4, 0.5) is 0 Å². The number of allylic oxidation sites excluding steroid dienone is 10. The van der Waals surface area contributed by atoms with Gasteiger partial charge in [-0.2, -0.15) is 0 Å². The van der Waals surface area contributed by atoms with E-state index in [0.717, 1.165) is 43.5 Å². The normalized spacial score (nSPS) is 14.0. The maximum absolute atomic E-state index is 5.99. The SMILES string of the molecule is C=C\C=C/C(/C=N/CCCCC/N=C/C(/C=C\C=C)=C(/C=C)OC(C)(C)C)=C(\C=C)OC.